The number of rotatable bonds is 6. The number of carboxylic acid groups (broad SMARTS) is 1. The lowest BCUT2D eigenvalue weighted by Gasteiger charge is -2.17. The Morgan fingerprint density at radius 1 is 1.47 bits per heavy atom. The second-order valence-corrected chi connectivity index (χ2v) is 5.03. The summed E-state index contributed by atoms with van der Waals surface area (Å²) in [5.74, 6) is 0.751. The van der Waals surface area contributed by atoms with Gasteiger partial charge in [0.15, 0.2) is 0 Å². The van der Waals surface area contributed by atoms with Crippen LogP contribution in [0.4, 0.5) is 0 Å². The maximum Gasteiger partial charge on any atom is 0.303 e. The molecule has 0 aromatic heterocycles. The number of ether oxygens (including phenoxy) is 1. The van der Waals surface area contributed by atoms with Crippen LogP contribution in [0.1, 0.15) is 30.7 Å². The summed E-state index contributed by atoms with van der Waals surface area (Å²) in [5.41, 5.74) is 1.27. The van der Waals surface area contributed by atoms with Crippen LogP contribution in [-0.2, 0) is 4.79 Å². The summed E-state index contributed by atoms with van der Waals surface area (Å²) in [4.78, 5) is 12.9. The van der Waals surface area contributed by atoms with Gasteiger partial charge in [0.25, 0.3) is 0 Å². The van der Waals surface area contributed by atoms with Gasteiger partial charge in [-0.15, -0.1) is 0 Å². The fourth-order valence-corrected chi connectivity index (χ4v) is 2.75. The van der Waals surface area contributed by atoms with E-state index in [1.54, 1.807) is 7.11 Å². The number of carboxylic acids is 1. The van der Waals surface area contributed by atoms with E-state index in [1.807, 2.05) is 18.2 Å². The maximum atomic E-state index is 10.5. The van der Waals surface area contributed by atoms with Crippen LogP contribution < -0.4 is 4.74 Å². The predicted molar refractivity (Wildman–Crippen MR) is 73.7 cm³/mol. The highest BCUT2D eigenvalue weighted by molar-refractivity contribution is 5.66. The van der Waals surface area contributed by atoms with E-state index in [0.717, 1.165) is 38.2 Å². The lowest BCUT2D eigenvalue weighted by molar-refractivity contribution is -0.137. The van der Waals surface area contributed by atoms with Crippen LogP contribution in [0.25, 0.3) is 0 Å². The number of nitrogens with zero attached hydrogens (tertiary/aromatic N) is 1. The molecule has 1 aliphatic rings. The Balaban J connectivity index is 1.89. The molecule has 1 fully saturated rings. The molecule has 104 valence electrons. The average molecular weight is 263 g/mol. The van der Waals surface area contributed by atoms with E-state index in [-0.39, 0.29) is 6.42 Å². The third kappa shape index (κ3) is 3.70. The van der Waals surface area contributed by atoms with Crippen molar-refractivity contribution in [3.63, 3.8) is 0 Å². The molecule has 1 N–H and O–H groups in total. The predicted octanol–water partition coefficient (Wildman–Crippen LogP) is 2.35. The topological polar surface area (TPSA) is 49.8 Å². The molecule has 1 unspecified atom stereocenters. The van der Waals surface area contributed by atoms with E-state index >= 15 is 0 Å². The van der Waals surface area contributed by atoms with Crippen LogP contribution in [0, 0.1) is 0 Å². The molecule has 1 atom stereocenters. The first-order valence-corrected chi connectivity index (χ1v) is 6.77. The third-order valence-corrected chi connectivity index (χ3v) is 3.72. The van der Waals surface area contributed by atoms with E-state index < -0.39 is 5.97 Å². The van der Waals surface area contributed by atoms with Crippen LogP contribution in [0.15, 0.2) is 24.3 Å². The van der Waals surface area contributed by atoms with Gasteiger partial charge >= 0.3 is 5.97 Å². The van der Waals surface area contributed by atoms with E-state index in [4.69, 9.17) is 9.84 Å². The lowest BCUT2D eigenvalue weighted by Crippen LogP contribution is -2.22. The summed E-state index contributed by atoms with van der Waals surface area (Å²) < 4.78 is 5.41. The van der Waals surface area contributed by atoms with Gasteiger partial charge in [-0.3, -0.25) is 4.79 Å². The van der Waals surface area contributed by atoms with Crippen molar-refractivity contribution in [2.24, 2.45) is 0 Å². The first-order chi connectivity index (χ1) is 9.20. The number of benzene rings is 1. The monoisotopic (exact) mass is 263 g/mol. The number of methoxy groups -OCH3 is 1. The first kappa shape index (κ1) is 13.9. The standard InChI is InChI=1S/C15H21NO3/c1-19-14-6-3-2-5-13(14)12-8-10-16(11-12)9-4-7-15(17)18/h2-3,5-6,12H,4,7-11H2,1H3,(H,17,18). The molecule has 19 heavy (non-hydrogen) atoms. The smallest absolute Gasteiger partial charge is 0.303 e. The highest BCUT2D eigenvalue weighted by Crippen LogP contribution is 2.33. The van der Waals surface area contributed by atoms with Crippen molar-refractivity contribution < 1.29 is 14.6 Å². The van der Waals surface area contributed by atoms with Crippen molar-refractivity contribution in [2.45, 2.75) is 25.2 Å². The second kappa shape index (κ2) is 6.57. The first-order valence-electron chi connectivity index (χ1n) is 6.77. The van der Waals surface area contributed by atoms with Crippen LogP contribution in [0.2, 0.25) is 0 Å². The third-order valence-electron chi connectivity index (χ3n) is 3.72. The van der Waals surface area contributed by atoms with Gasteiger partial charge in [0, 0.05) is 18.9 Å². The fraction of sp³-hybridized carbons (Fsp3) is 0.533. The highest BCUT2D eigenvalue weighted by atomic mass is 16.5. The summed E-state index contributed by atoms with van der Waals surface area (Å²) in [6, 6.07) is 8.17. The van der Waals surface area contributed by atoms with Gasteiger partial charge in [-0.05, 0) is 37.6 Å². The lowest BCUT2D eigenvalue weighted by atomic mass is 9.97. The Kier molecular flexibility index (Phi) is 4.80. The van der Waals surface area contributed by atoms with Crippen LogP contribution in [-0.4, -0.2) is 42.7 Å². The van der Waals surface area contributed by atoms with Crippen LogP contribution in [0.5, 0.6) is 5.75 Å². The largest absolute Gasteiger partial charge is 0.496 e. The van der Waals surface area contributed by atoms with Crippen molar-refractivity contribution in [3.05, 3.63) is 29.8 Å². The molecule has 1 aromatic carbocycles. The van der Waals surface area contributed by atoms with Crippen molar-refractivity contribution in [1.29, 1.82) is 0 Å². The van der Waals surface area contributed by atoms with E-state index in [2.05, 4.69) is 11.0 Å². The zero-order valence-corrected chi connectivity index (χ0v) is 11.3. The Labute approximate surface area is 114 Å². The number of hydrogen-bond acceptors (Lipinski definition) is 3. The number of likely N-dealkylation sites (tertiary alicyclic amines) is 1. The Hall–Kier alpha value is -1.55. The molecule has 0 aliphatic carbocycles. The van der Waals surface area contributed by atoms with Gasteiger partial charge in [-0.1, -0.05) is 18.2 Å². The fourth-order valence-electron chi connectivity index (χ4n) is 2.75. The Morgan fingerprint density at radius 3 is 3.00 bits per heavy atom. The van der Waals surface area contributed by atoms with Gasteiger partial charge in [-0.25, -0.2) is 0 Å². The summed E-state index contributed by atoms with van der Waals surface area (Å²) in [6.07, 6.45) is 2.11. The Bertz CT molecular complexity index is 433. The quantitative estimate of drug-likeness (QED) is 0.856. The van der Waals surface area contributed by atoms with E-state index in [0.29, 0.717) is 5.92 Å². The van der Waals surface area contributed by atoms with Gasteiger partial charge in [0.05, 0.1) is 7.11 Å². The van der Waals surface area contributed by atoms with Gasteiger partial charge in [0.2, 0.25) is 0 Å². The number of carbonyl (C=O) groups is 1. The van der Waals surface area contributed by atoms with Crippen LogP contribution in [0.3, 0.4) is 0 Å². The number of hydrogen-bond donors (Lipinski definition) is 1. The summed E-state index contributed by atoms with van der Waals surface area (Å²) in [6.45, 7) is 2.92. The summed E-state index contributed by atoms with van der Waals surface area (Å²) in [5, 5.41) is 8.65. The normalized spacial score (nSPS) is 19.5. The summed E-state index contributed by atoms with van der Waals surface area (Å²) >= 11 is 0. The SMILES string of the molecule is COc1ccccc1C1CCN(CCCC(=O)O)C1. The molecule has 2 rings (SSSR count). The molecule has 0 amide bonds. The number of para-hydroxylation sites is 1. The number of aliphatic carboxylic acids is 1. The zero-order chi connectivity index (χ0) is 13.7. The molecule has 0 saturated carbocycles. The molecule has 4 nitrogen and oxygen atoms in total. The molecule has 4 heteroatoms. The Morgan fingerprint density at radius 2 is 2.26 bits per heavy atom. The molecule has 1 heterocycles. The molecular formula is C15H21NO3. The summed E-state index contributed by atoms with van der Waals surface area (Å²) in [7, 11) is 1.71. The average Bonchev–Trinajstić information content (AvgIpc) is 2.87. The molecule has 0 radical (unpaired) electrons. The van der Waals surface area contributed by atoms with Crippen molar-refractivity contribution in [3.8, 4) is 5.75 Å². The van der Waals surface area contributed by atoms with Gasteiger partial charge < -0.3 is 14.7 Å². The maximum absolute atomic E-state index is 10.5. The molecule has 1 saturated heterocycles. The van der Waals surface area contributed by atoms with E-state index in [1.165, 1.54) is 5.56 Å². The molecule has 1 aromatic rings. The molecule has 0 spiro atoms. The minimum Gasteiger partial charge on any atom is -0.496 e. The minimum absolute atomic E-state index is 0.260. The van der Waals surface area contributed by atoms with E-state index in [9.17, 15) is 4.79 Å². The van der Waals surface area contributed by atoms with Crippen molar-refractivity contribution in [1.82, 2.24) is 4.90 Å². The zero-order valence-electron chi connectivity index (χ0n) is 11.3. The second-order valence-electron chi connectivity index (χ2n) is 5.03. The molecule has 0 bridgehead atoms. The molecule has 1 aliphatic heterocycles. The highest BCUT2D eigenvalue weighted by Gasteiger charge is 2.25. The van der Waals surface area contributed by atoms with Crippen molar-refractivity contribution in [2.75, 3.05) is 26.7 Å². The molecular weight excluding hydrogens is 242 g/mol. The van der Waals surface area contributed by atoms with Gasteiger partial charge in [-0.2, -0.15) is 0 Å². The van der Waals surface area contributed by atoms with Gasteiger partial charge in [0.1, 0.15) is 5.75 Å². The van der Waals surface area contributed by atoms with Crippen LogP contribution >= 0.6 is 0 Å². The minimum atomic E-state index is -0.708. The van der Waals surface area contributed by atoms with Crippen molar-refractivity contribution >= 4 is 5.97 Å².